The first-order chi connectivity index (χ1) is 15.6. The van der Waals surface area contributed by atoms with Crippen LogP contribution in [0.25, 0.3) is 0 Å². The first-order valence-corrected chi connectivity index (χ1v) is 13.0. The van der Waals surface area contributed by atoms with Crippen LogP contribution in [0, 0.1) is 13.8 Å². The molecule has 0 amide bonds. The Hall–Kier alpha value is -2.81. The standard InChI is InChI=1S/C11H13N3O3S.C7H9O3P.C4H10/c1-7-8(2)17-11(13-7)14-18(15,16)10-5-3-9(12)4-6-10;1-9-11(8)10-7-5-3-2-4-6-7;1-3-4-2/h3-6H,12H2,1-2H3,(H,13,14);2-6,11H,1H3;3-4H2,1-2H3. The van der Waals surface area contributed by atoms with Crippen LogP contribution in [0.15, 0.2) is 63.9 Å². The summed E-state index contributed by atoms with van der Waals surface area (Å²) >= 11 is 0. The van der Waals surface area contributed by atoms with Crippen molar-refractivity contribution in [3.63, 3.8) is 0 Å². The molecule has 0 aliphatic heterocycles. The van der Waals surface area contributed by atoms with Gasteiger partial charge in [0.1, 0.15) is 11.5 Å². The number of nitrogens with one attached hydrogen (secondary N) is 1. The molecule has 0 radical (unpaired) electrons. The third kappa shape index (κ3) is 10.6. The summed E-state index contributed by atoms with van der Waals surface area (Å²) in [5, 5.41) is 0. The van der Waals surface area contributed by atoms with E-state index in [1.54, 1.807) is 38.1 Å². The lowest BCUT2D eigenvalue weighted by molar-refractivity contribution is 0.349. The number of unbranched alkanes of at least 4 members (excludes halogenated alkanes) is 1. The summed E-state index contributed by atoms with van der Waals surface area (Å²) in [5.41, 5.74) is 6.64. The van der Waals surface area contributed by atoms with Crippen molar-refractivity contribution in [1.82, 2.24) is 4.98 Å². The Morgan fingerprint density at radius 2 is 1.61 bits per heavy atom. The maximum Gasteiger partial charge on any atom is 0.367 e. The van der Waals surface area contributed by atoms with Gasteiger partial charge < -0.3 is 19.2 Å². The van der Waals surface area contributed by atoms with E-state index in [0.29, 0.717) is 22.9 Å². The normalized spacial score (nSPS) is 11.3. The highest BCUT2D eigenvalue weighted by molar-refractivity contribution is 7.92. The van der Waals surface area contributed by atoms with Gasteiger partial charge in [-0.3, -0.25) is 0 Å². The number of nitrogen functional groups attached to an aromatic ring is 1. The second kappa shape index (κ2) is 14.4. The second-order valence-corrected chi connectivity index (χ2v) is 9.50. The molecule has 1 atom stereocenters. The average Bonchev–Trinajstić information content (AvgIpc) is 3.11. The number of aromatic nitrogens is 1. The summed E-state index contributed by atoms with van der Waals surface area (Å²) < 4.78 is 51.5. The lowest BCUT2D eigenvalue weighted by Gasteiger charge is -2.04. The van der Waals surface area contributed by atoms with Gasteiger partial charge in [0.25, 0.3) is 10.0 Å². The molecule has 0 fully saturated rings. The fourth-order valence-corrected chi connectivity index (χ4v) is 3.30. The Balaban J connectivity index is 0.000000309. The lowest BCUT2D eigenvalue weighted by atomic mass is 10.3. The van der Waals surface area contributed by atoms with Gasteiger partial charge in [0.15, 0.2) is 0 Å². The molecule has 0 aliphatic rings. The van der Waals surface area contributed by atoms with Gasteiger partial charge in [0.05, 0.1) is 10.6 Å². The zero-order valence-corrected chi connectivity index (χ0v) is 21.3. The maximum absolute atomic E-state index is 12.0. The molecular weight excluding hydrogens is 465 g/mol. The van der Waals surface area contributed by atoms with E-state index in [1.807, 2.05) is 6.07 Å². The monoisotopic (exact) mass is 497 g/mol. The summed E-state index contributed by atoms with van der Waals surface area (Å²) in [6.45, 7) is 7.81. The number of aryl methyl sites for hydroxylation is 2. The van der Waals surface area contributed by atoms with Crippen molar-refractivity contribution in [2.45, 2.75) is 45.4 Å². The zero-order chi connectivity index (χ0) is 24.9. The van der Waals surface area contributed by atoms with Crippen LogP contribution in [-0.4, -0.2) is 20.5 Å². The number of sulfonamides is 1. The predicted octanol–water partition coefficient (Wildman–Crippen LogP) is 5.58. The maximum atomic E-state index is 12.0. The molecule has 2 aromatic carbocycles. The van der Waals surface area contributed by atoms with E-state index in [9.17, 15) is 13.0 Å². The van der Waals surface area contributed by atoms with E-state index in [-0.39, 0.29) is 10.9 Å². The fraction of sp³-hybridized carbons (Fsp3) is 0.318. The smallest absolute Gasteiger partial charge is 0.367 e. The Morgan fingerprint density at radius 3 is 2.06 bits per heavy atom. The van der Waals surface area contributed by atoms with E-state index in [4.69, 9.17) is 14.7 Å². The molecule has 1 aromatic heterocycles. The molecule has 0 aliphatic carbocycles. The molecule has 0 bridgehead atoms. The van der Waals surface area contributed by atoms with Crippen LogP contribution < -0.4 is 15.0 Å². The number of nitrogens with two attached hydrogens (primary N) is 1. The average molecular weight is 498 g/mol. The summed E-state index contributed by atoms with van der Waals surface area (Å²) in [4.78, 5) is 4.06. The van der Waals surface area contributed by atoms with Crippen LogP contribution in [0.3, 0.4) is 0 Å². The van der Waals surface area contributed by atoms with Crippen LogP contribution in [0.1, 0.15) is 38.1 Å². The van der Waals surface area contributed by atoms with Gasteiger partial charge in [0.2, 0.25) is 0 Å². The number of para-hydroxylation sites is 1. The summed E-state index contributed by atoms with van der Waals surface area (Å²) in [5.74, 6) is 1.14. The van der Waals surface area contributed by atoms with Crippen molar-refractivity contribution in [2.75, 3.05) is 17.6 Å². The molecule has 0 spiro atoms. The van der Waals surface area contributed by atoms with Gasteiger partial charge in [-0.1, -0.05) is 44.9 Å². The predicted molar refractivity (Wildman–Crippen MR) is 131 cm³/mol. The van der Waals surface area contributed by atoms with Gasteiger partial charge >= 0.3 is 14.3 Å². The van der Waals surface area contributed by atoms with Gasteiger partial charge in [-0.05, 0) is 50.2 Å². The number of hydrogen-bond acceptors (Lipinski definition) is 8. The van der Waals surface area contributed by atoms with Crippen molar-refractivity contribution < 1.29 is 26.4 Å². The topological polar surface area (TPSA) is 134 Å². The van der Waals surface area contributed by atoms with Crippen LogP contribution >= 0.6 is 8.25 Å². The van der Waals surface area contributed by atoms with E-state index < -0.39 is 18.3 Å². The van der Waals surface area contributed by atoms with Gasteiger partial charge in [0, 0.05) is 12.8 Å². The molecule has 9 nitrogen and oxygen atoms in total. The van der Waals surface area contributed by atoms with Crippen molar-refractivity contribution in [1.29, 1.82) is 0 Å². The molecule has 3 N–H and O–H groups in total. The van der Waals surface area contributed by atoms with Crippen molar-refractivity contribution >= 4 is 30.0 Å². The minimum Gasteiger partial charge on any atom is -0.428 e. The molecule has 0 saturated carbocycles. The fourth-order valence-electron chi connectivity index (χ4n) is 1.96. The largest absolute Gasteiger partial charge is 0.428 e. The number of nitrogens with zero attached hydrogens (tertiary/aromatic N) is 1. The van der Waals surface area contributed by atoms with Gasteiger partial charge in [-0.2, -0.15) is 4.98 Å². The van der Waals surface area contributed by atoms with Crippen LogP contribution in [0.5, 0.6) is 5.75 Å². The molecule has 1 unspecified atom stereocenters. The highest BCUT2D eigenvalue weighted by Gasteiger charge is 2.17. The third-order valence-electron chi connectivity index (χ3n) is 4.05. The highest BCUT2D eigenvalue weighted by Crippen LogP contribution is 2.25. The molecule has 182 valence electrons. The zero-order valence-electron chi connectivity index (χ0n) is 19.5. The number of rotatable bonds is 7. The number of benzene rings is 2. The molecular formula is C22H32N3O6PS. The number of hydrogen-bond donors (Lipinski definition) is 2. The van der Waals surface area contributed by atoms with E-state index >= 15 is 0 Å². The molecule has 11 heteroatoms. The lowest BCUT2D eigenvalue weighted by Crippen LogP contribution is -2.13. The van der Waals surface area contributed by atoms with Crippen molar-refractivity contribution in [3.8, 4) is 5.75 Å². The molecule has 0 saturated heterocycles. The Morgan fingerprint density at radius 1 is 1.03 bits per heavy atom. The summed E-state index contributed by atoms with van der Waals surface area (Å²) in [6.07, 6.45) is 2.64. The van der Waals surface area contributed by atoms with E-state index in [0.717, 1.165) is 0 Å². The minimum absolute atomic E-state index is 0.0400. The first-order valence-electron chi connectivity index (χ1n) is 10.3. The molecule has 33 heavy (non-hydrogen) atoms. The molecule has 1 heterocycles. The Kier molecular flexibility index (Phi) is 12.3. The highest BCUT2D eigenvalue weighted by atomic mass is 32.2. The Bertz CT molecular complexity index is 1070. The van der Waals surface area contributed by atoms with Crippen molar-refractivity contribution in [2.24, 2.45) is 0 Å². The van der Waals surface area contributed by atoms with E-state index in [2.05, 4.69) is 28.1 Å². The van der Waals surface area contributed by atoms with Crippen LogP contribution in [0.4, 0.5) is 11.7 Å². The first kappa shape index (κ1) is 28.2. The van der Waals surface area contributed by atoms with E-state index in [1.165, 1.54) is 44.2 Å². The van der Waals surface area contributed by atoms with Crippen LogP contribution in [0.2, 0.25) is 0 Å². The van der Waals surface area contributed by atoms with Gasteiger partial charge in [-0.25, -0.2) is 17.7 Å². The number of anilines is 2. The minimum atomic E-state index is -3.70. The van der Waals surface area contributed by atoms with Gasteiger partial charge in [-0.15, -0.1) is 0 Å². The number of oxazole rings is 1. The Labute approximate surface area is 196 Å². The second-order valence-electron chi connectivity index (χ2n) is 6.70. The summed E-state index contributed by atoms with van der Waals surface area (Å²) in [7, 11) is -4.68. The van der Waals surface area contributed by atoms with Crippen molar-refractivity contribution in [3.05, 3.63) is 66.1 Å². The molecule has 3 aromatic rings. The quantitative estimate of drug-likeness (QED) is 0.319. The SMILES string of the molecule is CCCC.CO[PH](=O)Oc1ccccc1.Cc1nc(NS(=O)(=O)c2ccc(N)cc2)oc1C. The molecule has 3 rings (SSSR count). The van der Waals surface area contributed by atoms with Crippen LogP contribution in [-0.2, 0) is 19.1 Å². The summed E-state index contributed by atoms with van der Waals surface area (Å²) in [6, 6.07) is 14.7. The third-order valence-corrected chi connectivity index (χ3v) is 6.12.